The number of piperidine rings is 1. The van der Waals surface area contributed by atoms with E-state index < -0.39 is 0 Å². The number of ether oxygens (including phenoxy) is 2. The Bertz CT molecular complexity index is 877. The zero-order valence-corrected chi connectivity index (χ0v) is 18.2. The predicted molar refractivity (Wildman–Crippen MR) is 116 cm³/mol. The van der Waals surface area contributed by atoms with Gasteiger partial charge < -0.3 is 19.4 Å². The molecule has 29 heavy (non-hydrogen) atoms. The van der Waals surface area contributed by atoms with E-state index in [1.807, 2.05) is 23.6 Å². The second kappa shape index (κ2) is 9.21. The Kier molecular flexibility index (Phi) is 6.64. The number of hydrogen-bond donors (Lipinski definition) is 1. The van der Waals surface area contributed by atoms with Crippen molar-refractivity contribution in [2.24, 2.45) is 0 Å². The molecule has 0 unspecified atom stereocenters. The number of imidazole rings is 1. The molecule has 2 heterocycles. The number of aromatic amines is 1. The highest BCUT2D eigenvalue weighted by atomic mass is 35.5. The number of rotatable bonds is 6. The summed E-state index contributed by atoms with van der Waals surface area (Å²) in [7, 11) is 1.71. The van der Waals surface area contributed by atoms with Crippen LogP contribution in [-0.4, -0.2) is 60.0 Å². The fourth-order valence-electron chi connectivity index (χ4n) is 5.00. The van der Waals surface area contributed by atoms with E-state index in [0.717, 1.165) is 55.4 Å². The summed E-state index contributed by atoms with van der Waals surface area (Å²) in [5, 5.41) is 0.697. The number of likely N-dealkylation sites (tertiary alicyclic amines) is 1. The van der Waals surface area contributed by atoms with E-state index in [4.69, 9.17) is 21.1 Å². The van der Waals surface area contributed by atoms with Crippen LogP contribution in [0.25, 0.3) is 11.0 Å². The third-order valence-electron chi connectivity index (χ3n) is 6.66. The molecule has 1 aromatic carbocycles. The van der Waals surface area contributed by atoms with Crippen LogP contribution in [0, 0.1) is 6.92 Å². The van der Waals surface area contributed by atoms with Gasteiger partial charge in [-0.1, -0.05) is 11.6 Å². The van der Waals surface area contributed by atoms with Gasteiger partial charge in [0, 0.05) is 37.3 Å². The molecule has 1 aliphatic carbocycles. The lowest BCUT2D eigenvalue weighted by molar-refractivity contribution is -0.0173. The molecular weight excluding hydrogens is 390 g/mol. The molecule has 0 atom stereocenters. The molecule has 7 heteroatoms. The van der Waals surface area contributed by atoms with Gasteiger partial charge in [0.25, 0.3) is 0 Å². The molecule has 160 valence electrons. The van der Waals surface area contributed by atoms with Crippen molar-refractivity contribution in [3.05, 3.63) is 33.2 Å². The molecule has 1 N–H and O–H groups in total. The van der Waals surface area contributed by atoms with E-state index in [1.54, 1.807) is 7.11 Å². The topological polar surface area (TPSA) is 59.5 Å². The van der Waals surface area contributed by atoms with Crippen molar-refractivity contribution in [3.8, 4) is 0 Å². The zero-order valence-electron chi connectivity index (χ0n) is 17.5. The minimum absolute atomic E-state index is 0.0196. The molecule has 1 saturated heterocycles. The van der Waals surface area contributed by atoms with Crippen LogP contribution in [0.2, 0.25) is 5.02 Å². The maximum Gasteiger partial charge on any atom is 0.326 e. The van der Waals surface area contributed by atoms with Crippen molar-refractivity contribution < 1.29 is 9.47 Å². The van der Waals surface area contributed by atoms with Gasteiger partial charge in [-0.3, -0.25) is 4.57 Å². The van der Waals surface area contributed by atoms with Crippen LogP contribution in [-0.2, 0) is 9.47 Å². The molecule has 2 aromatic rings. The van der Waals surface area contributed by atoms with Crippen LogP contribution in [0.4, 0.5) is 0 Å². The largest absolute Gasteiger partial charge is 0.382 e. The van der Waals surface area contributed by atoms with E-state index >= 15 is 0 Å². The SMILES string of the molecule is COCCOC1CCC(N2CCC(n3c(=O)[nH]c4cc(Cl)c(C)cc43)CC2)CC1. The Morgan fingerprint density at radius 3 is 2.48 bits per heavy atom. The molecule has 2 aliphatic rings. The second-order valence-electron chi connectivity index (χ2n) is 8.48. The second-order valence-corrected chi connectivity index (χ2v) is 8.89. The van der Waals surface area contributed by atoms with Gasteiger partial charge in [0.2, 0.25) is 0 Å². The van der Waals surface area contributed by atoms with Gasteiger partial charge in [-0.2, -0.15) is 0 Å². The number of nitrogens with one attached hydrogen (secondary N) is 1. The first-order chi connectivity index (χ1) is 14.1. The number of aryl methyl sites for hydroxylation is 1. The highest BCUT2D eigenvalue weighted by Gasteiger charge is 2.30. The molecule has 1 aliphatic heterocycles. The van der Waals surface area contributed by atoms with Crippen LogP contribution < -0.4 is 5.69 Å². The van der Waals surface area contributed by atoms with Gasteiger partial charge in [0.05, 0.1) is 30.4 Å². The summed E-state index contributed by atoms with van der Waals surface area (Å²) in [6, 6.07) is 4.81. The quantitative estimate of drug-likeness (QED) is 0.718. The number of fused-ring (bicyclic) bond motifs is 1. The first-order valence-electron chi connectivity index (χ1n) is 10.8. The Morgan fingerprint density at radius 1 is 1.07 bits per heavy atom. The molecule has 0 spiro atoms. The van der Waals surface area contributed by atoms with Crippen molar-refractivity contribution >= 4 is 22.6 Å². The average Bonchev–Trinajstić information content (AvgIpc) is 3.04. The summed E-state index contributed by atoms with van der Waals surface area (Å²) in [6.07, 6.45) is 7.09. The lowest BCUT2D eigenvalue weighted by Gasteiger charge is -2.41. The highest BCUT2D eigenvalue weighted by Crippen LogP contribution is 2.31. The molecular formula is C22H32ClN3O3. The molecule has 0 amide bonds. The van der Waals surface area contributed by atoms with Gasteiger partial charge in [-0.05, 0) is 63.1 Å². The molecule has 6 nitrogen and oxygen atoms in total. The monoisotopic (exact) mass is 421 g/mol. The smallest absolute Gasteiger partial charge is 0.326 e. The molecule has 0 radical (unpaired) electrons. The number of hydrogen-bond acceptors (Lipinski definition) is 4. The number of benzene rings is 1. The third-order valence-corrected chi connectivity index (χ3v) is 7.07. The van der Waals surface area contributed by atoms with E-state index in [0.29, 0.717) is 30.4 Å². The minimum atomic E-state index is -0.0196. The molecule has 4 rings (SSSR count). The van der Waals surface area contributed by atoms with Gasteiger partial charge in [0.1, 0.15) is 0 Å². The molecule has 0 bridgehead atoms. The van der Waals surface area contributed by atoms with Crippen LogP contribution in [0.5, 0.6) is 0 Å². The third kappa shape index (κ3) is 4.55. The Morgan fingerprint density at radius 2 is 1.79 bits per heavy atom. The Hall–Kier alpha value is -1.34. The van der Waals surface area contributed by atoms with Crippen LogP contribution in [0.15, 0.2) is 16.9 Å². The molecule has 1 saturated carbocycles. The fraction of sp³-hybridized carbons (Fsp3) is 0.682. The van der Waals surface area contributed by atoms with Crippen molar-refractivity contribution in [1.29, 1.82) is 0 Å². The van der Waals surface area contributed by atoms with Crippen molar-refractivity contribution in [2.45, 2.75) is 63.6 Å². The summed E-state index contributed by atoms with van der Waals surface area (Å²) in [5.41, 5.74) is 2.80. The van der Waals surface area contributed by atoms with Crippen LogP contribution >= 0.6 is 11.6 Å². The summed E-state index contributed by atoms with van der Waals surface area (Å²) < 4.78 is 12.9. The van der Waals surface area contributed by atoms with E-state index in [2.05, 4.69) is 9.88 Å². The minimum Gasteiger partial charge on any atom is -0.382 e. The van der Waals surface area contributed by atoms with E-state index in [9.17, 15) is 4.79 Å². The van der Waals surface area contributed by atoms with Crippen LogP contribution in [0.1, 0.15) is 50.1 Å². The van der Waals surface area contributed by atoms with E-state index in [-0.39, 0.29) is 11.7 Å². The predicted octanol–water partition coefficient (Wildman–Crippen LogP) is 3.90. The van der Waals surface area contributed by atoms with Crippen molar-refractivity contribution in [2.75, 3.05) is 33.4 Å². The number of H-pyrrole nitrogens is 1. The van der Waals surface area contributed by atoms with Gasteiger partial charge in [-0.25, -0.2) is 4.79 Å². The first kappa shape index (κ1) is 20.9. The van der Waals surface area contributed by atoms with Gasteiger partial charge in [-0.15, -0.1) is 0 Å². The lowest BCUT2D eigenvalue weighted by Crippen LogP contribution is -2.45. The normalized spacial score (nSPS) is 24.4. The molecule has 2 fully saturated rings. The Labute approximate surface area is 177 Å². The summed E-state index contributed by atoms with van der Waals surface area (Å²) >= 11 is 6.23. The maximum absolute atomic E-state index is 12.6. The summed E-state index contributed by atoms with van der Waals surface area (Å²) in [6.45, 7) is 5.46. The number of halogens is 1. The lowest BCUT2D eigenvalue weighted by atomic mass is 9.90. The zero-order chi connectivity index (χ0) is 20.4. The Balaban J connectivity index is 1.35. The molecule has 1 aromatic heterocycles. The summed E-state index contributed by atoms with van der Waals surface area (Å²) in [4.78, 5) is 18.2. The number of aromatic nitrogens is 2. The first-order valence-corrected chi connectivity index (χ1v) is 11.2. The average molecular weight is 422 g/mol. The highest BCUT2D eigenvalue weighted by molar-refractivity contribution is 6.32. The van der Waals surface area contributed by atoms with Gasteiger partial charge in [0.15, 0.2) is 0 Å². The van der Waals surface area contributed by atoms with Gasteiger partial charge >= 0.3 is 5.69 Å². The van der Waals surface area contributed by atoms with Crippen molar-refractivity contribution in [3.63, 3.8) is 0 Å². The standard InChI is InChI=1S/C22H32ClN3O3/c1-15-13-21-20(14-19(15)23)24-22(27)26(21)17-7-9-25(10-8-17)16-3-5-18(6-4-16)29-12-11-28-2/h13-14,16-18H,3-12H2,1-2H3,(H,24,27). The number of nitrogens with zero attached hydrogens (tertiary/aromatic N) is 2. The summed E-state index contributed by atoms with van der Waals surface area (Å²) in [5.74, 6) is 0. The van der Waals surface area contributed by atoms with Crippen LogP contribution in [0.3, 0.4) is 0 Å². The fourth-order valence-corrected chi connectivity index (χ4v) is 5.16. The van der Waals surface area contributed by atoms with E-state index in [1.165, 1.54) is 12.8 Å². The van der Waals surface area contributed by atoms with Crippen molar-refractivity contribution in [1.82, 2.24) is 14.5 Å². The number of methoxy groups -OCH3 is 1. The maximum atomic E-state index is 12.6.